The van der Waals surface area contributed by atoms with Gasteiger partial charge in [0.2, 0.25) is 0 Å². The van der Waals surface area contributed by atoms with E-state index in [9.17, 15) is 14.9 Å². The van der Waals surface area contributed by atoms with Crippen molar-refractivity contribution in [2.24, 2.45) is 0 Å². The van der Waals surface area contributed by atoms with Gasteiger partial charge in [0.25, 0.3) is 0 Å². The Bertz CT molecular complexity index is 608. The van der Waals surface area contributed by atoms with Crippen molar-refractivity contribution in [3.8, 4) is 11.8 Å². The standard InChI is InChI=1S/C15H15Cl2NO4/c1-15(2,9-21-12(19)6-16)11-5-3-4-10(8-18)14(11)22-13(20)7-17/h3-5H,6-7,9H2,1-2H3. The van der Waals surface area contributed by atoms with Crippen LogP contribution in [0.1, 0.15) is 25.0 Å². The van der Waals surface area contributed by atoms with Crippen LogP contribution in [0, 0.1) is 11.3 Å². The van der Waals surface area contributed by atoms with Gasteiger partial charge < -0.3 is 9.47 Å². The minimum atomic E-state index is -0.684. The highest BCUT2D eigenvalue weighted by Crippen LogP contribution is 2.34. The molecule has 0 saturated heterocycles. The molecule has 1 rings (SSSR count). The molecule has 0 unspecified atom stereocenters. The average molecular weight is 344 g/mol. The van der Waals surface area contributed by atoms with Crippen LogP contribution in [0.5, 0.6) is 5.75 Å². The van der Waals surface area contributed by atoms with Crippen molar-refractivity contribution in [1.82, 2.24) is 0 Å². The first-order valence-electron chi connectivity index (χ1n) is 6.37. The maximum absolute atomic E-state index is 11.5. The molecule has 0 aliphatic rings. The van der Waals surface area contributed by atoms with E-state index < -0.39 is 17.4 Å². The van der Waals surface area contributed by atoms with Gasteiger partial charge >= 0.3 is 11.9 Å². The number of ether oxygens (including phenoxy) is 2. The third-order valence-electron chi connectivity index (χ3n) is 2.89. The smallest absolute Gasteiger partial charge is 0.326 e. The Kier molecular flexibility index (Phi) is 6.66. The van der Waals surface area contributed by atoms with Crippen LogP contribution in [0.25, 0.3) is 0 Å². The lowest BCUT2D eigenvalue weighted by Gasteiger charge is -2.27. The minimum Gasteiger partial charge on any atom is -0.464 e. The van der Waals surface area contributed by atoms with Gasteiger partial charge in [-0.3, -0.25) is 9.59 Å². The van der Waals surface area contributed by atoms with Gasteiger partial charge in [-0.1, -0.05) is 26.0 Å². The van der Waals surface area contributed by atoms with E-state index in [4.69, 9.17) is 32.7 Å². The van der Waals surface area contributed by atoms with E-state index in [-0.39, 0.29) is 29.7 Å². The highest BCUT2D eigenvalue weighted by atomic mass is 35.5. The van der Waals surface area contributed by atoms with E-state index in [1.807, 2.05) is 6.07 Å². The Labute approximate surface area is 138 Å². The molecule has 0 atom stereocenters. The number of carbonyl (C=O) groups is 2. The summed E-state index contributed by atoms with van der Waals surface area (Å²) < 4.78 is 10.2. The lowest BCUT2D eigenvalue weighted by molar-refractivity contribution is -0.142. The molecule has 5 nitrogen and oxygen atoms in total. The Hall–Kier alpha value is -1.77. The summed E-state index contributed by atoms with van der Waals surface area (Å²) in [6.45, 7) is 3.62. The summed E-state index contributed by atoms with van der Waals surface area (Å²) in [5, 5.41) is 9.17. The quantitative estimate of drug-likeness (QED) is 0.451. The third-order valence-corrected chi connectivity index (χ3v) is 3.33. The fourth-order valence-electron chi connectivity index (χ4n) is 1.79. The van der Waals surface area contributed by atoms with Gasteiger partial charge in [0.1, 0.15) is 24.4 Å². The zero-order valence-corrected chi connectivity index (χ0v) is 13.7. The summed E-state index contributed by atoms with van der Waals surface area (Å²) in [5.74, 6) is -1.67. The maximum atomic E-state index is 11.5. The molecule has 1 aromatic carbocycles. The number of rotatable bonds is 6. The van der Waals surface area contributed by atoms with Gasteiger partial charge in [0, 0.05) is 11.0 Å². The van der Waals surface area contributed by atoms with Crippen molar-refractivity contribution >= 4 is 35.1 Å². The normalized spacial score (nSPS) is 10.7. The Morgan fingerprint density at radius 1 is 1.23 bits per heavy atom. The largest absolute Gasteiger partial charge is 0.464 e. The Morgan fingerprint density at radius 2 is 1.86 bits per heavy atom. The summed E-state index contributed by atoms with van der Waals surface area (Å²) in [7, 11) is 0. The molecule has 1 aromatic rings. The molecule has 0 spiro atoms. The van der Waals surface area contributed by atoms with Crippen molar-refractivity contribution in [3.63, 3.8) is 0 Å². The van der Waals surface area contributed by atoms with Crippen LogP contribution in [0.2, 0.25) is 0 Å². The molecular formula is C15H15Cl2NO4. The predicted octanol–water partition coefficient (Wildman–Crippen LogP) is 2.76. The fourth-order valence-corrected chi connectivity index (χ4v) is 1.92. The molecule has 118 valence electrons. The van der Waals surface area contributed by atoms with Gasteiger partial charge in [-0.25, -0.2) is 0 Å². The van der Waals surface area contributed by atoms with Crippen molar-refractivity contribution in [3.05, 3.63) is 29.3 Å². The van der Waals surface area contributed by atoms with Gasteiger partial charge in [-0.2, -0.15) is 5.26 Å². The molecule has 0 saturated carbocycles. The number of alkyl halides is 2. The molecule has 0 radical (unpaired) electrons. The molecular weight excluding hydrogens is 329 g/mol. The number of para-hydroxylation sites is 1. The molecule has 0 amide bonds. The molecule has 22 heavy (non-hydrogen) atoms. The van der Waals surface area contributed by atoms with Gasteiger partial charge in [-0.15, -0.1) is 23.2 Å². The SMILES string of the molecule is CC(C)(COC(=O)CCl)c1cccc(C#N)c1OC(=O)CCl. The van der Waals surface area contributed by atoms with Crippen LogP contribution in [-0.4, -0.2) is 30.3 Å². The molecule has 0 aliphatic carbocycles. The highest BCUT2D eigenvalue weighted by molar-refractivity contribution is 6.26. The van der Waals surface area contributed by atoms with E-state index in [1.54, 1.807) is 26.0 Å². The topological polar surface area (TPSA) is 76.4 Å². The number of carbonyl (C=O) groups excluding carboxylic acids is 2. The number of esters is 2. The van der Waals surface area contributed by atoms with E-state index in [0.717, 1.165) is 0 Å². The van der Waals surface area contributed by atoms with E-state index in [1.165, 1.54) is 6.07 Å². The summed E-state index contributed by atoms with van der Waals surface area (Å²) in [6.07, 6.45) is 0. The summed E-state index contributed by atoms with van der Waals surface area (Å²) in [4.78, 5) is 22.7. The van der Waals surface area contributed by atoms with Crippen molar-refractivity contribution < 1.29 is 19.1 Å². The van der Waals surface area contributed by atoms with Gasteiger partial charge in [0.05, 0.1) is 5.56 Å². The lowest BCUT2D eigenvalue weighted by atomic mass is 9.84. The van der Waals surface area contributed by atoms with Crippen molar-refractivity contribution in [2.75, 3.05) is 18.4 Å². The predicted molar refractivity (Wildman–Crippen MR) is 82.2 cm³/mol. The van der Waals surface area contributed by atoms with Crippen molar-refractivity contribution in [2.45, 2.75) is 19.3 Å². The molecule has 0 N–H and O–H groups in total. The highest BCUT2D eigenvalue weighted by Gasteiger charge is 2.29. The average Bonchev–Trinajstić information content (AvgIpc) is 2.52. The number of hydrogen-bond acceptors (Lipinski definition) is 5. The van der Waals surface area contributed by atoms with E-state index in [2.05, 4.69) is 0 Å². The summed E-state index contributed by atoms with van der Waals surface area (Å²) in [5.41, 5.74) is 0.0800. The van der Waals surface area contributed by atoms with Crippen LogP contribution in [0.4, 0.5) is 0 Å². The molecule has 0 fully saturated rings. The van der Waals surface area contributed by atoms with Crippen LogP contribution in [-0.2, 0) is 19.7 Å². The second-order valence-electron chi connectivity index (χ2n) is 5.08. The van der Waals surface area contributed by atoms with Crippen LogP contribution in [0.3, 0.4) is 0 Å². The van der Waals surface area contributed by atoms with Gasteiger partial charge in [-0.05, 0) is 6.07 Å². The Morgan fingerprint density at radius 3 is 2.41 bits per heavy atom. The first-order chi connectivity index (χ1) is 10.4. The second kappa shape index (κ2) is 8.02. The molecule has 0 bridgehead atoms. The number of benzene rings is 1. The first kappa shape index (κ1) is 18.3. The molecule has 0 aliphatic heterocycles. The number of nitriles is 1. The van der Waals surface area contributed by atoms with E-state index in [0.29, 0.717) is 5.56 Å². The zero-order valence-electron chi connectivity index (χ0n) is 12.2. The summed E-state index contributed by atoms with van der Waals surface area (Å²) in [6, 6.07) is 6.86. The summed E-state index contributed by atoms with van der Waals surface area (Å²) >= 11 is 10.8. The zero-order chi connectivity index (χ0) is 16.8. The minimum absolute atomic E-state index is 0.0266. The molecule has 0 aromatic heterocycles. The molecule has 0 heterocycles. The number of halogens is 2. The van der Waals surface area contributed by atoms with Crippen LogP contribution in [0.15, 0.2) is 18.2 Å². The molecule has 7 heteroatoms. The fraction of sp³-hybridized carbons (Fsp3) is 0.400. The number of nitrogens with zero attached hydrogens (tertiary/aromatic N) is 1. The monoisotopic (exact) mass is 343 g/mol. The van der Waals surface area contributed by atoms with Crippen LogP contribution >= 0.6 is 23.2 Å². The third kappa shape index (κ3) is 4.62. The van der Waals surface area contributed by atoms with Crippen molar-refractivity contribution in [1.29, 1.82) is 5.26 Å². The van der Waals surface area contributed by atoms with Crippen LogP contribution < -0.4 is 4.74 Å². The Balaban J connectivity index is 3.19. The number of hydrogen-bond donors (Lipinski definition) is 0. The van der Waals surface area contributed by atoms with Gasteiger partial charge in [0.15, 0.2) is 5.75 Å². The lowest BCUT2D eigenvalue weighted by Crippen LogP contribution is -2.28. The first-order valence-corrected chi connectivity index (χ1v) is 7.44. The second-order valence-corrected chi connectivity index (χ2v) is 5.61. The maximum Gasteiger partial charge on any atom is 0.326 e. The van der Waals surface area contributed by atoms with E-state index >= 15 is 0 Å².